The first-order valence-electron chi connectivity index (χ1n) is 8.23. The van der Waals surface area contributed by atoms with E-state index in [1.165, 1.54) is 32.2 Å². The largest absolute Gasteiger partial charge is 0.344 e. The number of nitrogens with one attached hydrogen (secondary N) is 1. The van der Waals surface area contributed by atoms with Gasteiger partial charge in [-0.2, -0.15) is 0 Å². The third-order valence-electron chi connectivity index (χ3n) is 5.22. The molecular formula is C16H31N3O. The molecule has 0 aromatic heterocycles. The average Bonchev–Trinajstić information content (AvgIpc) is 2.85. The first kappa shape index (κ1) is 15.8. The number of amides is 1. The molecule has 4 nitrogen and oxygen atoms in total. The lowest BCUT2D eigenvalue weighted by Gasteiger charge is -2.30. The predicted molar refractivity (Wildman–Crippen MR) is 82.7 cm³/mol. The quantitative estimate of drug-likeness (QED) is 0.831. The van der Waals surface area contributed by atoms with Crippen molar-refractivity contribution in [3.63, 3.8) is 0 Å². The fourth-order valence-corrected chi connectivity index (χ4v) is 3.59. The minimum atomic E-state index is 0.323. The average molecular weight is 281 g/mol. The second kappa shape index (κ2) is 7.41. The van der Waals surface area contributed by atoms with Crippen molar-refractivity contribution in [2.24, 2.45) is 11.8 Å². The van der Waals surface area contributed by atoms with Gasteiger partial charge in [-0.25, -0.2) is 0 Å². The summed E-state index contributed by atoms with van der Waals surface area (Å²) in [6.45, 7) is 6.54. The first-order valence-corrected chi connectivity index (χ1v) is 8.23. The van der Waals surface area contributed by atoms with E-state index in [4.69, 9.17) is 0 Å². The van der Waals surface area contributed by atoms with Crippen molar-refractivity contribution in [2.45, 2.75) is 45.1 Å². The van der Waals surface area contributed by atoms with Crippen LogP contribution in [0.1, 0.15) is 39.0 Å². The van der Waals surface area contributed by atoms with Crippen molar-refractivity contribution in [3.8, 4) is 0 Å². The minimum absolute atomic E-state index is 0.323. The summed E-state index contributed by atoms with van der Waals surface area (Å²) < 4.78 is 0. The summed E-state index contributed by atoms with van der Waals surface area (Å²) in [4.78, 5) is 16.7. The third kappa shape index (κ3) is 4.19. The van der Waals surface area contributed by atoms with Crippen LogP contribution >= 0.6 is 0 Å². The van der Waals surface area contributed by atoms with E-state index >= 15 is 0 Å². The van der Waals surface area contributed by atoms with Crippen molar-refractivity contribution < 1.29 is 4.79 Å². The van der Waals surface area contributed by atoms with Crippen LogP contribution in [-0.4, -0.2) is 62.0 Å². The molecule has 4 heteroatoms. The maximum atomic E-state index is 12.4. The summed E-state index contributed by atoms with van der Waals surface area (Å²) in [5.74, 6) is 1.50. The normalized spacial score (nSPS) is 29.4. The number of hydrogen-bond donors (Lipinski definition) is 1. The van der Waals surface area contributed by atoms with Crippen molar-refractivity contribution >= 4 is 5.91 Å². The van der Waals surface area contributed by atoms with Gasteiger partial charge in [0, 0.05) is 26.1 Å². The highest BCUT2D eigenvalue weighted by Gasteiger charge is 2.26. The Balaban J connectivity index is 1.75. The fraction of sp³-hybridized carbons (Fsp3) is 0.938. The van der Waals surface area contributed by atoms with Crippen molar-refractivity contribution in [3.05, 3.63) is 0 Å². The van der Waals surface area contributed by atoms with Gasteiger partial charge < -0.3 is 15.1 Å². The van der Waals surface area contributed by atoms with Gasteiger partial charge in [0.15, 0.2) is 0 Å². The highest BCUT2D eigenvalue weighted by atomic mass is 16.2. The molecule has 2 saturated heterocycles. The Labute approximate surface area is 123 Å². The number of carbonyl (C=O) groups excluding carboxylic acids is 1. The van der Waals surface area contributed by atoms with Gasteiger partial charge in [0.25, 0.3) is 0 Å². The van der Waals surface area contributed by atoms with Crippen LogP contribution in [0.25, 0.3) is 0 Å². The highest BCUT2D eigenvalue weighted by molar-refractivity contribution is 5.76. The van der Waals surface area contributed by atoms with E-state index in [9.17, 15) is 4.79 Å². The van der Waals surface area contributed by atoms with Crippen molar-refractivity contribution in [1.29, 1.82) is 0 Å². The molecule has 3 atom stereocenters. The van der Waals surface area contributed by atoms with Gasteiger partial charge in [-0.15, -0.1) is 0 Å². The molecule has 2 aliphatic heterocycles. The van der Waals surface area contributed by atoms with E-state index in [0.717, 1.165) is 19.6 Å². The van der Waals surface area contributed by atoms with Crippen LogP contribution in [0.3, 0.4) is 0 Å². The molecule has 116 valence electrons. The monoisotopic (exact) mass is 281 g/mol. The lowest BCUT2D eigenvalue weighted by Crippen LogP contribution is -2.41. The lowest BCUT2D eigenvalue weighted by molar-refractivity contribution is -0.131. The summed E-state index contributed by atoms with van der Waals surface area (Å²) in [5, 5.41) is 3.45. The first-order chi connectivity index (χ1) is 9.58. The summed E-state index contributed by atoms with van der Waals surface area (Å²) >= 11 is 0. The van der Waals surface area contributed by atoms with E-state index < -0.39 is 0 Å². The van der Waals surface area contributed by atoms with E-state index in [2.05, 4.69) is 24.2 Å². The topological polar surface area (TPSA) is 35.6 Å². The molecule has 2 fully saturated rings. The van der Waals surface area contributed by atoms with Crippen LogP contribution in [0.5, 0.6) is 0 Å². The van der Waals surface area contributed by atoms with Gasteiger partial charge in [-0.1, -0.05) is 6.92 Å². The van der Waals surface area contributed by atoms with E-state index in [0.29, 0.717) is 30.2 Å². The number of likely N-dealkylation sites (tertiary alicyclic amines) is 1. The van der Waals surface area contributed by atoms with Crippen LogP contribution < -0.4 is 5.32 Å². The molecule has 0 saturated carbocycles. The van der Waals surface area contributed by atoms with Crippen LogP contribution in [0.4, 0.5) is 0 Å². The summed E-state index contributed by atoms with van der Waals surface area (Å²) in [7, 11) is 4.15. The molecular weight excluding hydrogens is 250 g/mol. The molecule has 0 radical (unpaired) electrons. The molecule has 0 spiro atoms. The second-order valence-corrected chi connectivity index (χ2v) is 6.84. The Morgan fingerprint density at radius 1 is 1.40 bits per heavy atom. The number of hydrogen-bond acceptors (Lipinski definition) is 3. The Hall–Kier alpha value is -0.610. The minimum Gasteiger partial charge on any atom is -0.344 e. The molecule has 0 aromatic rings. The van der Waals surface area contributed by atoms with Crippen LogP contribution in [0, 0.1) is 11.8 Å². The second-order valence-electron chi connectivity index (χ2n) is 6.84. The molecule has 1 N–H and O–H groups in total. The van der Waals surface area contributed by atoms with Gasteiger partial charge in [0.1, 0.15) is 0 Å². The molecule has 0 aromatic carbocycles. The van der Waals surface area contributed by atoms with Gasteiger partial charge >= 0.3 is 0 Å². The number of piperidine rings is 1. The standard InChI is InChI=1S/C16H31N3O/c1-13(14-6-4-8-17-11-14)10-16(20)19(3)12-15-7-5-9-18(15)2/h13-15,17H,4-12H2,1-3H3. The number of carbonyl (C=O) groups is 1. The SMILES string of the molecule is CC(CC(=O)N(C)CC1CCCN1C)C1CCCNC1. The maximum Gasteiger partial charge on any atom is 0.222 e. The van der Waals surface area contributed by atoms with E-state index in [1.54, 1.807) is 0 Å². The zero-order valence-corrected chi connectivity index (χ0v) is 13.4. The molecule has 20 heavy (non-hydrogen) atoms. The molecule has 3 unspecified atom stereocenters. The number of likely N-dealkylation sites (N-methyl/N-ethyl adjacent to an activating group) is 2. The Kier molecular flexibility index (Phi) is 5.85. The maximum absolute atomic E-state index is 12.4. The Morgan fingerprint density at radius 2 is 2.20 bits per heavy atom. The Morgan fingerprint density at radius 3 is 2.80 bits per heavy atom. The predicted octanol–water partition coefficient (Wildman–Crippen LogP) is 1.56. The number of nitrogens with zero attached hydrogens (tertiary/aromatic N) is 2. The van der Waals surface area contributed by atoms with Gasteiger partial charge in [0.2, 0.25) is 5.91 Å². The van der Waals surface area contributed by atoms with E-state index in [-0.39, 0.29) is 0 Å². The van der Waals surface area contributed by atoms with Crippen molar-refractivity contribution in [2.75, 3.05) is 40.3 Å². The van der Waals surface area contributed by atoms with Gasteiger partial charge in [-0.3, -0.25) is 4.79 Å². The molecule has 1 amide bonds. The molecule has 0 aliphatic carbocycles. The molecule has 2 heterocycles. The van der Waals surface area contributed by atoms with Crippen LogP contribution in [-0.2, 0) is 4.79 Å². The van der Waals surface area contributed by atoms with Crippen LogP contribution in [0.15, 0.2) is 0 Å². The summed E-state index contributed by atoms with van der Waals surface area (Å²) in [5.41, 5.74) is 0. The number of rotatable bonds is 5. The molecule has 2 aliphatic rings. The fourth-order valence-electron chi connectivity index (χ4n) is 3.59. The molecule has 0 bridgehead atoms. The zero-order chi connectivity index (χ0) is 14.5. The third-order valence-corrected chi connectivity index (χ3v) is 5.22. The van der Waals surface area contributed by atoms with Crippen molar-refractivity contribution in [1.82, 2.24) is 15.1 Å². The lowest BCUT2D eigenvalue weighted by atomic mass is 9.85. The zero-order valence-electron chi connectivity index (χ0n) is 13.4. The summed E-state index contributed by atoms with van der Waals surface area (Å²) in [6, 6.07) is 0.565. The molecule has 2 rings (SSSR count). The highest BCUT2D eigenvalue weighted by Crippen LogP contribution is 2.23. The smallest absolute Gasteiger partial charge is 0.222 e. The van der Waals surface area contributed by atoms with Gasteiger partial charge in [0.05, 0.1) is 0 Å². The van der Waals surface area contributed by atoms with Crippen LogP contribution in [0.2, 0.25) is 0 Å². The van der Waals surface area contributed by atoms with E-state index in [1.807, 2.05) is 11.9 Å². The van der Waals surface area contributed by atoms with Gasteiger partial charge in [-0.05, 0) is 64.2 Å². The Bertz CT molecular complexity index is 315. The summed E-state index contributed by atoms with van der Waals surface area (Å²) in [6.07, 6.45) is 5.74.